The third-order valence-corrected chi connectivity index (χ3v) is 2.42. The van der Waals surface area contributed by atoms with Crippen LogP contribution in [0.5, 0.6) is 0 Å². The minimum absolute atomic E-state index is 0.281. The second-order valence-corrected chi connectivity index (χ2v) is 3.47. The van der Waals surface area contributed by atoms with Gasteiger partial charge in [0, 0.05) is 5.88 Å². The van der Waals surface area contributed by atoms with Crippen LogP contribution >= 0.6 is 23.2 Å². The maximum absolute atomic E-state index is 9.17. The lowest BCUT2D eigenvalue weighted by molar-refractivity contribution is 0.136. The Morgan fingerprint density at radius 1 is 1.67 bits per heavy atom. The molecule has 0 bridgehead atoms. The smallest absolute Gasteiger partial charge is 0.0811 e. The number of halogens is 2. The van der Waals surface area contributed by atoms with Crippen molar-refractivity contribution in [3.63, 3.8) is 0 Å². The quantitative estimate of drug-likeness (QED) is 0.643. The van der Waals surface area contributed by atoms with Gasteiger partial charge in [-0.25, -0.2) is 0 Å². The van der Waals surface area contributed by atoms with E-state index in [4.69, 9.17) is 28.3 Å². The van der Waals surface area contributed by atoms with Crippen LogP contribution in [0.4, 0.5) is 0 Å². The fourth-order valence-corrected chi connectivity index (χ4v) is 0.847. The molecule has 9 heavy (non-hydrogen) atoms. The molecular formula is C6H12Cl2O. The van der Waals surface area contributed by atoms with E-state index < -0.39 is 11.0 Å². The van der Waals surface area contributed by atoms with E-state index in [1.165, 1.54) is 0 Å². The highest BCUT2D eigenvalue weighted by molar-refractivity contribution is 6.30. The summed E-state index contributed by atoms with van der Waals surface area (Å²) in [6, 6.07) is 0. The van der Waals surface area contributed by atoms with Crippen LogP contribution in [0.2, 0.25) is 0 Å². The van der Waals surface area contributed by atoms with Crippen molar-refractivity contribution in [3.05, 3.63) is 0 Å². The van der Waals surface area contributed by atoms with Gasteiger partial charge in [0.05, 0.1) is 11.0 Å². The van der Waals surface area contributed by atoms with Gasteiger partial charge in [0.25, 0.3) is 0 Å². The molecule has 0 saturated carbocycles. The maximum Gasteiger partial charge on any atom is 0.0811 e. The zero-order valence-corrected chi connectivity index (χ0v) is 7.21. The summed E-state index contributed by atoms with van der Waals surface area (Å²) in [7, 11) is 0. The predicted octanol–water partition coefficient (Wildman–Crippen LogP) is 1.99. The Morgan fingerprint density at radius 2 is 2.11 bits per heavy atom. The fourth-order valence-electron chi connectivity index (χ4n) is 0.515. The van der Waals surface area contributed by atoms with Gasteiger partial charge in [0.1, 0.15) is 0 Å². The summed E-state index contributed by atoms with van der Waals surface area (Å²) in [5.41, 5.74) is 0. The van der Waals surface area contributed by atoms with E-state index in [1.807, 2.05) is 6.92 Å². The molecule has 0 spiro atoms. The number of aliphatic hydroxyl groups excluding tert-OH is 1. The molecule has 0 aromatic carbocycles. The first-order valence-corrected chi connectivity index (χ1v) is 3.88. The topological polar surface area (TPSA) is 20.2 Å². The third kappa shape index (κ3) is 2.74. The zero-order chi connectivity index (χ0) is 7.49. The van der Waals surface area contributed by atoms with E-state index in [9.17, 15) is 0 Å². The number of alkyl halides is 2. The Balaban J connectivity index is 3.80. The molecule has 0 aliphatic heterocycles. The SMILES string of the molecule is CCC(O)C(C)(Cl)CCl. The van der Waals surface area contributed by atoms with E-state index >= 15 is 0 Å². The standard InChI is InChI=1S/C6H12Cl2O/c1-3-5(9)6(2,8)4-7/h5,9H,3-4H2,1-2H3. The van der Waals surface area contributed by atoms with Crippen LogP contribution in [0.15, 0.2) is 0 Å². The van der Waals surface area contributed by atoms with Gasteiger partial charge in [-0.05, 0) is 13.3 Å². The van der Waals surface area contributed by atoms with Crippen molar-refractivity contribution >= 4 is 23.2 Å². The number of aliphatic hydroxyl groups is 1. The van der Waals surface area contributed by atoms with Gasteiger partial charge in [0.2, 0.25) is 0 Å². The molecule has 0 aliphatic carbocycles. The summed E-state index contributed by atoms with van der Waals surface area (Å²) in [6.45, 7) is 3.60. The first-order valence-electron chi connectivity index (χ1n) is 2.97. The summed E-state index contributed by atoms with van der Waals surface area (Å²) in [5, 5.41) is 9.17. The maximum atomic E-state index is 9.17. The normalized spacial score (nSPS) is 21.0. The third-order valence-electron chi connectivity index (χ3n) is 1.34. The molecule has 1 N–H and O–H groups in total. The van der Waals surface area contributed by atoms with Crippen molar-refractivity contribution in [2.45, 2.75) is 31.2 Å². The molecule has 0 aliphatic rings. The van der Waals surface area contributed by atoms with Gasteiger partial charge < -0.3 is 5.11 Å². The van der Waals surface area contributed by atoms with Gasteiger partial charge in [0.15, 0.2) is 0 Å². The van der Waals surface area contributed by atoms with Gasteiger partial charge in [-0.3, -0.25) is 0 Å². The van der Waals surface area contributed by atoms with Crippen molar-refractivity contribution in [1.82, 2.24) is 0 Å². The second kappa shape index (κ2) is 3.65. The summed E-state index contributed by atoms with van der Waals surface area (Å²) >= 11 is 11.3. The number of rotatable bonds is 3. The van der Waals surface area contributed by atoms with Gasteiger partial charge in [-0.15, -0.1) is 23.2 Å². The van der Waals surface area contributed by atoms with Crippen LogP contribution in [-0.2, 0) is 0 Å². The molecule has 2 unspecified atom stereocenters. The van der Waals surface area contributed by atoms with E-state index in [0.29, 0.717) is 6.42 Å². The van der Waals surface area contributed by atoms with Crippen LogP contribution in [0.1, 0.15) is 20.3 Å². The first-order chi connectivity index (χ1) is 4.04. The van der Waals surface area contributed by atoms with Gasteiger partial charge in [-0.1, -0.05) is 6.92 Å². The molecule has 0 saturated heterocycles. The fraction of sp³-hybridized carbons (Fsp3) is 1.00. The molecule has 56 valence electrons. The molecule has 0 radical (unpaired) electrons. The molecule has 0 rings (SSSR count). The average Bonchev–Trinajstić information content (AvgIpc) is 1.86. The Kier molecular flexibility index (Phi) is 3.86. The van der Waals surface area contributed by atoms with Crippen LogP contribution in [0.3, 0.4) is 0 Å². The van der Waals surface area contributed by atoms with Crippen LogP contribution < -0.4 is 0 Å². The Bertz CT molecular complexity index is 83.1. The zero-order valence-electron chi connectivity index (χ0n) is 5.69. The van der Waals surface area contributed by atoms with Crippen molar-refractivity contribution in [3.8, 4) is 0 Å². The lowest BCUT2D eigenvalue weighted by Crippen LogP contribution is -2.34. The molecule has 2 atom stereocenters. The van der Waals surface area contributed by atoms with Crippen molar-refractivity contribution in [2.24, 2.45) is 0 Å². The Morgan fingerprint density at radius 3 is 2.22 bits per heavy atom. The number of hydrogen-bond acceptors (Lipinski definition) is 1. The molecule has 0 amide bonds. The lowest BCUT2D eigenvalue weighted by atomic mass is 10.0. The molecule has 0 fully saturated rings. The van der Waals surface area contributed by atoms with Crippen molar-refractivity contribution < 1.29 is 5.11 Å². The summed E-state index contributed by atoms with van der Waals surface area (Å²) in [4.78, 5) is -0.656. The molecule has 0 heterocycles. The summed E-state index contributed by atoms with van der Waals surface area (Å²) in [5.74, 6) is 0.281. The van der Waals surface area contributed by atoms with Gasteiger partial charge in [-0.2, -0.15) is 0 Å². The largest absolute Gasteiger partial charge is 0.391 e. The average molecular weight is 171 g/mol. The number of hydrogen-bond donors (Lipinski definition) is 1. The molecule has 1 nitrogen and oxygen atoms in total. The van der Waals surface area contributed by atoms with Crippen molar-refractivity contribution in [2.75, 3.05) is 5.88 Å². The van der Waals surface area contributed by atoms with Crippen LogP contribution in [-0.4, -0.2) is 22.0 Å². The summed E-state index contributed by atoms with van der Waals surface area (Å²) < 4.78 is 0. The molecule has 0 aromatic heterocycles. The molecule has 0 aromatic rings. The predicted molar refractivity (Wildman–Crippen MR) is 41.3 cm³/mol. The van der Waals surface area contributed by atoms with E-state index in [-0.39, 0.29) is 5.88 Å². The first kappa shape index (κ1) is 9.54. The Labute approximate surface area is 66.0 Å². The Hall–Kier alpha value is 0.540. The van der Waals surface area contributed by atoms with E-state index in [2.05, 4.69) is 0 Å². The van der Waals surface area contributed by atoms with Crippen molar-refractivity contribution in [1.29, 1.82) is 0 Å². The highest BCUT2D eigenvalue weighted by Crippen LogP contribution is 2.22. The highest BCUT2D eigenvalue weighted by Gasteiger charge is 2.27. The summed E-state index contributed by atoms with van der Waals surface area (Å²) in [6.07, 6.45) is 0.142. The highest BCUT2D eigenvalue weighted by atomic mass is 35.5. The van der Waals surface area contributed by atoms with Crippen LogP contribution in [0, 0.1) is 0 Å². The minimum Gasteiger partial charge on any atom is -0.391 e. The van der Waals surface area contributed by atoms with Gasteiger partial charge >= 0.3 is 0 Å². The molecule has 3 heteroatoms. The minimum atomic E-state index is -0.656. The van der Waals surface area contributed by atoms with E-state index in [0.717, 1.165) is 0 Å². The monoisotopic (exact) mass is 170 g/mol. The van der Waals surface area contributed by atoms with Crippen LogP contribution in [0.25, 0.3) is 0 Å². The second-order valence-electron chi connectivity index (χ2n) is 2.34. The molecular weight excluding hydrogens is 159 g/mol. The van der Waals surface area contributed by atoms with E-state index in [1.54, 1.807) is 6.92 Å². The lowest BCUT2D eigenvalue weighted by Gasteiger charge is -2.23.